The number of hydrogen-bond donors (Lipinski definition) is 1. The Kier molecular flexibility index (Phi) is 3.89. The molecule has 1 aromatic heterocycles. The summed E-state index contributed by atoms with van der Waals surface area (Å²) in [5, 5.41) is 11.3. The largest absolute Gasteiger partial charge is 0.506 e. The van der Waals surface area contributed by atoms with Gasteiger partial charge < -0.3 is 14.4 Å². The third-order valence-electron chi connectivity index (χ3n) is 3.71. The van der Waals surface area contributed by atoms with Gasteiger partial charge in [-0.3, -0.25) is 4.79 Å². The van der Waals surface area contributed by atoms with E-state index in [-0.39, 0.29) is 11.2 Å². The van der Waals surface area contributed by atoms with E-state index >= 15 is 0 Å². The van der Waals surface area contributed by atoms with E-state index in [9.17, 15) is 9.90 Å². The number of aromatic hydroxyl groups is 1. The normalized spacial score (nSPS) is 10.8. The first-order valence-electron chi connectivity index (χ1n) is 7.31. The molecule has 0 radical (unpaired) electrons. The van der Waals surface area contributed by atoms with Crippen LogP contribution >= 0.6 is 0 Å². The molecule has 0 atom stereocenters. The minimum absolute atomic E-state index is 0.0552. The van der Waals surface area contributed by atoms with E-state index in [1.807, 2.05) is 11.0 Å². The Hall–Kier alpha value is -3.01. The van der Waals surface area contributed by atoms with Crippen LogP contribution in [0.15, 0.2) is 70.9 Å². The molecule has 0 fully saturated rings. The summed E-state index contributed by atoms with van der Waals surface area (Å²) in [4.78, 5) is 14.5. The Labute approximate surface area is 133 Å². The van der Waals surface area contributed by atoms with Crippen molar-refractivity contribution >= 4 is 27.6 Å². The Bertz CT molecular complexity index is 946. The first-order valence-corrected chi connectivity index (χ1v) is 7.31. The Balaban J connectivity index is 2.40. The van der Waals surface area contributed by atoms with Crippen LogP contribution < -0.4 is 10.3 Å². The lowest BCUT2D eigenvalue weighted by Gasteiger charge is -2.23. The highest BCUT2D eigenvalue weighted by Gasteiger charge is 2.18. The van der Waals surface area contributed by atoms with Gasteiger partial charge in [-0.15, -0.1) is 13.2 Å². The summed E-state index contributed by atoms with van der Waals surface area (Å²) in [5.41, 5.74) is 1.23. The highest BCUT2D eigenvalue weighted by Crippen LogP contribution is 2.36. The van der Waals surface area contributed by atoms with Crippen LogP contribution in [0.3, 0.4) is 0 Å². The van der Waals surface area contributed by atoms with Gasteiger partial charge in [0.2, 0.25) is 5.43 Å². The minimum Gasteiger partial charge on any atom is -0.506 e. The first-order chi connectivity index (χ1) is 11.2. The van der Waals surface area contributed by atoms with Gasteiger partial charge in [0.15, 0.2) is 5.58 Å². The third-order valence-corrected chi connectivity index (χ3v) is 3.71. The number of anilines is 1. The predicted molar refractivity (Wildman–Crippen MR) is 94.3 cm³/mol. The second-order valence-electron chi connectivity index (χ2n) is 5.22. The van der Waals surface area contributed by atoms with Gasteiger partial charge in [0.1, 0.15) is 17.0 Å². The van der Waals surface area contributed by atoms with Gasteiger partial charge in [-0.2, -0.15) is 0 Å². The molecule has 0 saturated heterocycles. The van der Waals surface area contributed by atoms with E-state index in [0.29, 0.717) is 40.7 Å². The predicted octanol–water partition coefficient (Wildman–Crippen LogP) is 3.83. The van der Waals surface area contributed by atoms with Crippen LogP contribution in [0.4, 0.5) is 5.69 Å². The smallest absolute Gasteiger partial charge is 0.200 e. The molecule has 1 N–H and O–H groups in total. The summed E-state index contributed by atoms with van der Waals surface area (Å²) in [5.74, 6) is 0.0552. The fourth-order valence-electron chi connectivity index (χ4n) is 2.72. The highest BCUT2D eigenvalue weighted by molar-refractivity contribution is 5.98. The van der Waals surface area contributed by atoms with Crippen molar-refractivity contribution < 1.29 is 9.52 Å². The lowest BCUT2D eigenvalue weighted by molar-refractivity contribution is 0.474. The molecule has 0 amide bonds. The molecule has 3 rings (SSSR count). The van der Waals surface area contributed by atoms with Crippen molar-refractivity contribution in [3.63, 3.8) is 0 Å². The molecule has 0 unspecified atom stereocenters. The second-order valence-corrected chi connectivity index (χ2v) is 5.22. The van der Waals surface area contributed by atoms with Crippen LogP contribution in [0.2, 0.25) is 0 Å². The van der Waals surface area contributed by atoms with Crippen LogP contribution in [0, 0.1) is 0 Å². The number of para-hydroxylation sites is 1. The molecule has 23 heavy (non-hydrogen) atoms. The summed E-state index contributed by atoms with van der Waals surface area (Å²) < 4.78 is 5.94. The summed E-state index contributed by atoms with van der Waals surface area (Å²) in [6, 6.07) is 10.2. The van der Waals surface area contributed by atoms with Gasteiger partial charge in [-0.1, -0.05) is 24.3 Å². The van der Waals surface area contributed by atoms with Crippen LogP contribution in [0.25, 0.3) is 21.9 Å². The molecule has 0 bridgehead atoms. The number of benzene rings is 2. The Morgan fingerprint density at radius 1 is 1.04 bits per heavy atom. The molecule has 0 aliphatic heterocycles. The van der Waals surface area contributed by atoms with Crippen molar-refractivity contribution in [3.05, 3.63) is 71.9 Å². The molecule has 2 aromatic carbocycles. The van der Waals surface area contributed by atoms with Crippen LogP contribution in [-0.4, -0.2) is 18.2 Å². The van der Waals surface area contributed by atoms with E-state index in [1.54, 1.807) is 36.4 Å². The van der Waals surface area contributed by atoms with Crippen LogP contribution in [0.1, 0.15) is 0 Å². The van der Waals surface area contributed by atoms with E-state index in [0.717, 1.165) is 0 Å². The fourth-order valence-corrected chi connectivity index (χ4v) is 2.72. The van der Waals surface area contributed by atoms with Gasteiger partial charge >= 0.3 is 0 Å². The summed E-state index contributed by atoms with van der Waals surface area (Å²) in [6.07, 6.45) is 3.45. The van der Waals surface area contributed by atoms with Gasteiger partial charge in [-0.05, 0) is 24.3 Å². The van der Waals surface area contributed by atoms with E-state index in [2.05, 4.69) is 13.2 Å². The minimum atomic E-state index is -0.111. The monoisotopic (exact) mass is 307 g/mol. The first kappa shape index (κ1) is 14.9. The molecule has 0 aliphatic rings. The maximum absolute atomic E-state index is 12.7. The van der Waals surface area contributed by atoms with E-state index in [1.165, 1.54) is 6.07 Å². The zero-order valence-corrected chi connectivity index (χ0v) is 12.7. The van der Waals surface area contributed by atoms with Crippen molar-refractivity contribution in [2.45, 2.75) is 0 Å². The van der Waals surface area contributed by atoms with Crippen molar-refractivity contribution in [3.8, 4) is 5.75 Å². The van der Waals surface area contributed by atoms with E-state index in [4.69, 9.17) is 4.42 Å². The number of hydrogen-bond acceptors (Lipinski definition) is 4. The quantitative estimate of drug-likeness (QED) is 0.575. The lowest BCUT2D eigenvalue weighted by atomic mass is 10.1. The van der Waals surface area contributed by atoms with Crippen molar-refractivity contribution in [1.82, 2.24) is 0 Å². The zero-order chi connectivity index (χ0) is 16.4. The molecular formula is C19H17NO3. The molecular weight excluding hydrogens is 290 g/mol. The Morgan fingerprint density at radius 2 is 1.74 bits per heavy atom. The maximum atomic E-state index is 12.7. The molecule has 0 aliphatic carbocycles. The van der Waals surface area contributed by atoms with Gasteiger partial charge in [0.05, 0.1) is 10.8 Å². The van der Waals surface area contributed by atoms with Crippen molar-refractivity contribution in [2.24, 2.45) is 0 Å². The Morgan fingerprint density at radius 3 is 2.43 bits per heavy atom. The molecule has 116 valence electrons. The topological polar surface area (TPSA) is 53.7 Å². The molecule has 3 aromatic rings. The summed E-state index contributed by atoms with van der Waals surface area (Å²) in [7, 11) is 0. The highest BCUT2D eigenvalue weighted by atomic mass is 16.3. The SMILES string of the molecule is C=CCN(CC=C)c1c(O)ccc2c(=O)c3ccccc3oc12. The average Bonchev–Trinajstić information content (AvgIpc) is 2.55. The molecule has 0 saturated carbocycles. The van der Waals surface area contributed by atoms with Crippen LogP contribution in [0.5, 0.6) is 5.75 Å². The van der Waals surface area contributed by atoms with Gasteiger partial charge in [0.25, 0.3) is 0 Å². The summed E-state index contributed by atoms with van der Waals surface area (Å²) >= 11 is 0. The molecule has 4 heteroatoms. The van der Waals surface area contributed by atoms with Gasteiger partial charge in [-0.25, -0.2) is 0 Å². The molecule has 0 spiro atoms. The van der Waals surface area contributed by atoms with Crippen LogP contribution in [-0.2, 0) is 0 Å². The number of nitrogens with zero attached hydrogens (tertiary/aromatic N) is 1. The maximum Gasteiger partial charge on any atom is 0.200 e. The second kappa shape index (κ2) is 6.01. The number of phenols is 1. The standard InChI is InChI=1S/C19H17NO3/c1-3-11-20(12-4-2)17-15(21)10-9-14-18(22)13-7-5-6-8-16(13)23-19(14)17/h3-10,21H,1-2,11-12H2. The van der Waals surface area contributed by atoms with E-state index < -0.39 is 0 Å². The number of rotatable bonds is 5. The third kappa shape index (κ3) is 2.48. The lowest BCUT2D eigenvalue weighted by Crippen LogP contribution is -2.23. The average molecular weight is 307 g/mol. The zero-order valence-electron chi connectivity index (χ0n) is 12.7. The van der Waals surface area contributed by atoms with Crippen molar-refractivity contribution in [1.29, 1.82) is 0 Å². The summed E-state index contributed by atoms with van der Waals surface area (Å²) in [6.45, 7) is 8.46. The number of phenolic OH excluding ortho intramolecular Hbond substituents is 1. The molecule has 4 nitrogen and oxygen atoms in total. The fraction of sp³-hybridized carbons (Fsp3) is 0.105. The van der Waals surface area contributed by atoms with Crippen molar-refractivity contribution in [2.75, 3.05) is 18.0 Å². The van der Waals surface area contributed by atoms with Gasteiger partial charge in [0, 0.05) is 13.1 Å². The number of fused-ring (bicyclic) bond motifs is 2. The molecule has 1 heterocycles.